The minimum Gasteiger partial charge on any atom is -0.481 e. The van der Waals surface area contributed by atoms with Gasteiger partial charge in [-0.25, -0.2) is 0 Å². The van der Waals surface area contributed by atoms with E-state index in [-0.39, 0.29) is 18.4 Å². The van der Waals surface area contributed by atoms with E-state index in [9.17, 15) is 19.5 Å². The van der Waals surface area contributed by atoms with E-state index in [1.807, 2.05) is 13.8 Å². The Hall–Kier alpha value is -2.08. The highest BCUT2D eigenvalue weighted by molar-refractivity contribution is 6.33. The van der Waals surface area contributed by atoms with Gasteiger partial charge in [-0.05, 0) is 30.9 Å². The summed E-state index contributed by atoms with van der Waals surface area (Å²) < 4.78 is 0. The summed E-state index contributed by atoms with van der Waals surface area (Å²) in [7, 11) is 0. The lowest BCUT2D eigenvalue weighted by Crippen LogP contribution is -2.54. The molecule has 25 heavy (non-hydrogen) atoms. The molecule has 2 unspecified atom stereocenters. The molecule has 0 radical (unpaired) electrons. The molecule has 2 atom stereocenters. The molecule has 1 aliphatic rings. The van der Waals surface area contributed by atoms with Crippen LogP contribution in [0.4, 0.5) is 0 Å². The number of carbonyl (C=O) groups is 3. The molecule has 0 aliphatic carbocycles. The first-order valence-electron chi connectivity index (χ1n) is 8.38. The lowest BCUT2D eigenvalue weighted by molar-refractivity contribution is -0.146. The van der Waals surface area contributed by atoms with Crippen molar-refractivity contribution in [2.24, 2.45) is 11.8 Å². The van der Waals surface area contributed by atoms with Crippen LogP contribution >= 0.6 is 11.6 Å². The predicted octanol–water partition coefficient (Wildman–Crippen LogP) is 2.42. The fraction of sp³-hybridized carbons (Fsp3) is 0.500. The first-order chi connectivity index (χ1) is 11.8. The number of hydrogen-bond donors (Lipinski definition) is 2. The third-order valence-electron chi connectivity index (χ3n) is 4.42. The summed E-state index contributed by atoms with van der Waals surface area (Å²) in [4.78, 5) is 38.1. The Morgan fingerprint density at radius 3 is 2.56 bits per heavy atom. The van der Waals surface area contributed by atoms with Crippen LogP contribution in [0.2, 0.25) is 5.02 Å². The number of piperidine rings is 1. The molecule has 0 spiro atoms. The van der Waals surface area contributed by atoms with Crippen molar-refractivity contribution in [3.8, 4) is 0 Å². The average molecular weight is 367 g/mol. The van der Waals surface area contributed by atoms with Crippen molar-refractivity contribution in [2.45, 2.75) is 32.7 Å². The number of hydrogen-bond acceptors (Lipinski definition) is 3. The van der Waals surface area contributed by atoms with E-state index in [4.69, 9.17) is 11.6 Å². The third-order valence-corrected chi connectivity index (χ3v) is 4.75. The molecule has 0 saturated carbocycles. The number of halogens is 1. The van der Waals surface area contributed by atoms with Gasteiger partial charge in [0.05, 0.1) is 16.5 Å². The molecule has 1 heterocycles. The van der Waals surface area contributed by atoms with E-state index in [0.29, 0.717) is 30.0 Å². The number of carboxylic acid groups (broad SMARTS) is 1. The maximum Gasteiger partial charge on any atom is 0.308 e. The smallest absolute Gasteiger partial charge is 0.308 e. The fourth-order valence-electron chi connectivity index (χ4n) is 2.95. The van der Waals surface area contributed by atoms with Gasteiger partial charge in [-0.2, -0.15) is 0 Å². The van der Waals surface area contributed by atoms with E-state index in [1.54, 1.807) is 29.2 Å². The maximum absolute atomic E-state index is 12.8. The van der Waals surface area contributed by atoms with E-state index < -0.39 is 23.8 Å². The second-order valence-corrected chi connectivity index (χ2v) is 7.04. The number of rotatable bonds is 5. The number of carboxylic acids is 1. The number of nitrogens with zero attached hydrogens (tertiary/aromatic N) is 1. The van der Waals surface area contributed by atoms with E-state index >= 15 is 0 Å². The van der Waals surface area contributed by atoms with Gasteiger partial charge in [0.15, 0.2) is 0 Å². The molecule has 1 aliphatic heterocycles. The van der Waals surface area contributed by atoms with Crippen molar-refractivity contribution in [3.05, 3.63) is 34.9 Å². The van der Waals surface area contributed by atoms with Crippen LogP contribution in [-0.4, -0.2) is 46.9 Å². The number of likely N-dealkylation sites (tertiary alicyclic amines) is 1. The Morgan fingerprint density at radius 2 is 1.96 bits per heavy atom. The fourth-order valence-corrected chi connectivity index (χ4v) is 3.18. The highest BCUT2D eigenvalue weighted by atomic mass is 35.5. The van der Waals surface area contributed by atoms with Crippen molar-refractivity contribution >= 4 is 29.4 Å². The monoisotopic (exact) mass is 366 g/mol. The van der Waals surface area contributed by atoms with Crippen LogP contribution in [0.3, 0.4) is 0 Å². The zero-order valence-corrected chi connectivity index (χ0v) is 15.1. The zero-order valence-electron chi connectivity index (χ0n) is 14.4. The standard InChI is InChI=1S/C18H23ClN2O4/c1-11(2)15(20-16(22)13-7-3-4-8-14(13)19)17(23)21-9-5-6-12(10-21)18(24)25/h3-4,7-8,11-12,15H,5-6,9-10H2,1-2H3,(H,20,22)(H,24,25). The molecule has 0 bridgehead atoms. The molecule has 2 rings (SSSR count). The van der Waals surface area contributed by atoms with Gasteiger partial charge >= 0.3 is 5.97 Å². The number of benzene rings is 1. The Morgan fingerprint density at radius 1 is 1.28 bits per heavy atom. The van der Waals surface area contributed by atoms with Crippen molar-refractivity contribution < 1.29 is 19.5 Å². The summed E-state index contributed by atoms with van der Waals surface area (Å²) in [6.45, 7) is 4.37. The molecule has 6 nitrogen and oxygen atoms in total. The Balaban J connectivity index is 2.12. The summed E-state index contributed by atoms with van der Waals surface area (Å²) in [5, 5.41) is 12.3. The number of nitrogens with one attached hydrogen (secondary N) is 1. The molecular formula is C18H23ClN2O4. The lowest BCUT2D eigenvalue weighted by Gasteiger charge is -2.34. The van der Waals surface area contributed by atoms with Crippen LogP contribution in [0.15, 0.2) is 24.3 Å². The van der Waals surface area contributed by atoms with E-state index in [1.165, 1.54) is 0 Å². The van der Waals surface area contributed by atoms with Crippen molar-refractivity contribution in [3.63, 3.8) is 0 Å². The van der Waals surface area contributed by atoms with Crippen LogP contribution in [0, 0.1) is 11.8 Å². The summed E-state index contributed by atoms with van der Waals surface area (Å²) >= 11 is 6.04. The second kappa shape index (κ2) is 8.34. The molecule has 7 heteroatoms. The summed E-state index contributed by atoms with van der Waals surface area (Å²) in [6.07, 6.45) is 1.21. The van der Waals surface area contributed by atoms with E-state index in [2.05, 4.69) is 5.32 Å². The first kappa shape index (κ1) is 19.2. The highest BCUT2D eigenvalue weighted by Crippen LogP contribution is 2.20. The molecule has 2 amide bonds. The SMILES string of the molecule is CC(C)C(NC(=O)c1ccccc1Cl)C(=O)N1CCCC(C(=O)O)C1. The van der Waals surface area contributed by atoms with Gasteiger partial charge in [-0.15, -0.1) is 0 Å². The summed E-state index contributed by atoms with van der Waals surface area (Å²) in [6, 6.07) is 5.92. The normalized spacial score (nSPS) is 18.7. The molecule has 1 saturated heterocycles. The highest BCUT2D eigenvalue weighted by Gasteiger charge is 2.34. The van der Waals surface area contributed by atoms with Gasteiger partial charge in [0, 0.05) is 13.1 Å². The average Bonchev–Trinajstić information content (AvgIpc) is 2.59. The topological polar surface area (TPSA) is 86.7 Å². The van der Waals surface area contributed by atoms with Gasteiger partial charge in [0.25, 0.3) is 5.91 Å². The number of aliphatic carboxylic acids is 1. The van der Waals surface area contributed by atoms with Gasteiger partial charge < -0.3 is 15.3 Å². The Labute approximate surface area is 152 Å². The third kappa shape index (κ3) is 4.72. The minimum atomic E-state index is -0.890. The molecule has 1 aromatic rings. The largest absolute Gasteiger partial charge is 0.481 e. The van der Waals surface area contributed by atoms with Gasteiger partial charge in [-0.1, -0.05) is 37.6 Å². The molecule has 2 N–H and O–H groups in total. The molecule has 136 valence electrons. The Kier molecular flexibility index (Phi) is 6.42. The molecule has 1 aromatic carbocycles. The van der Waals surface area contributed by atoms with Crippen LogP contribution in [0.25, 0.3) is 0 Å². The van der Waals surface area contributed by atoms with Crippen molar-refractivity contribution in [1.82, 2.24) is 10.2 Å². The predicted molar refractivity (Wildman–Crippen MR) is 94.5 cm³/mol. The molecule has 1 fully saturated rings. The molecule has 0 aromatic heterocycles. The second-order valence-electron chi connectivity index (χ2n) is 6.64. The molecular weight excluding hydrogens is 344 g/mol. The van der Waals surface area contributed by atoms with E-state index in [0.717, 1.165) is 0 Å². The first-order valence-corrected chi connectivity index (χ1v) is 8.76. The van der Waals surface area contributed by atoms with Crippen LogP contribution in [0.1, 0.15) is 37.0 Å². The number of amides is 2. The minimum absolute atomic E-state index is 0.135. The number of carbonyl (C=O) groups excluding carboxylic acids is 2. The van der Waals surface area contributed by atoms with Crippen LogP contribution in [-0.2, 0) is 9.59 Å². The zero-order chi connectivity index (χ0) is 18.6. The summed E-state index contributed by atoms with van der Waals surface area (Å²) in [5.74, 6) is -2.24. The van der Waals surface area contributed by atoms with Crippen molar-refractivity contribution in [2.75, 3.05) is 13.1 Å². The maximum atomic E-state index is 12.8. The summed E-state index contributed by atoms with van der Waals surface area (Å²) in [5.41, 5.74) is 0.310. The van der Waals surface area contributed by atoms with Gasteiger partial charge in [0.2, 0.25) is 5.91 Å². The van der Waals surface area contributed by atoms with Gasteiger partial charge in [0.1, 0.15) is 6.04 Å². The lowest BCUT2D eigenvalue weighted by atomic mass is 9.95. The Bertz CT molecular complexity index is 662. The van der Waals surface area contributed by atoms with Gasteiger partial charge in [-0.3, -0.25) is 14.4 Å². The van der Waals surface area contributed by atoms with Crippen LogP contribution < -0.4 is 5.32 Å². The van der Waals surface area contributed by atoms with Crippen molar-refractivity contribution in [1.29, 1.82) is 0 Å². The quantitative estimate of drug-likeness (QED) is 0.837. The van der Waals surface area contributed by atoms with Crippen LogP contribution in [0.5, 0.6) is 0 Å².